The zero-order valence-corrected chi connectivity index (χ0v) is 11.4. The number of likely N-dealkylation sites (tertiary alicyclic amines) is 1. The van der Waals surface area contributed by atoms with Crippen molar-refractivity contribution in [2.24, 2.45) is 4.99 Å². The van der Waals surface area contributed by atoms with Crippen LogP contribution in [-0.4, -0.2) is 29.9 Å². The van der Waals surface area contributed by atoms with E-state index in [9.17, 15) is 0 Å². The Morgan fingerprint density at radius 1 is 1.21 bits per heavy atom. The number of benzene rings is 1. The predicted molar refractivity (Wildman–Crippen MR) is 78.1 cm³/mol. The Kier molecular flexibility index (Phi) is 3.32. The molecule has 1 unspecified atom stereocenters. The number of ether oxygens (including phenoxy) is 1. The molecule has 1 saturated heterocycles. The van der Waals surface area contributed by atoms with Gasteiger partial charge in [0.2, 0.25) is 0 Å². The zero-order chi connectivity index (χ0) is 13.2. The largest absolute Gasteiger partial charge is 0.481 e. The van der Waals surface area contributed by atoms with Gasteiger partial charge in [-0.15, -0.1) is 0 Å². The lowest BCUT2D eigenvalue weighted by atomic mass is 10.2. The van der Waals surface area contributed by atoms with Crippen LogP contribution in [0.4, 0.5) is 11.4 Å². The van der Waals surface area contributed by atoms with Crippen molar-refractivity contribution in [2.45, 2.75) is 38.7 Å². The molecule has 0 bridgehead atoms. The summed E-state index contributed by atoms with van der Waals surface area (Å²) in [6.45, 7) is 4.25. The van der Waals surface area contributed by atoms with E-state index < -0.39 is 0 Å². The molecule has 4 heteroatoms. The van der Waals surface area contributed by atoms with E-state index in [2.05, 4.69) is 11.8 Å². The molecule has 0 aromatic heterocycles. The highest BCUT2D eigenvalue weighted by molar-refractivity contribution is 5.91. The van der Waals surface area contributed by atoms with Crippen molar-refractivity contribution in [3.63, 3.8) is 0 Å². The first-order valence-corrected chi connectivity index (χ1v) is 7.14. The molecule has 4 nitrogen and oxygen atoms in total. The fraction of sp³-hybridized carbons (Fsp3) is 0.533. The van der Waals surface area contributed by atoms with E-state index in [1.807, 2.05) is 18.2 Å². The summed E-state index contributed by atoms with van der Waals surface area (Å²) < 4.78 is 5.97. The van der Waals surface area contributed by atoms with Crippen LogP contribution in [0.25, 0.3) is 0 Å². The van der Waals surface area contributed by atoms with Gasteiger partial charge in [0.15, 0.2) is 6.10 Å². The Morgan fingerprint density at radius 3 is 2.68 bits per heavy atom. The second-order valence-corrected chi connectivity index (χ2v) is 5.36. The lowest BCUT2D eigenvalue weighted by Gasteiger charge is -2.31. The molecule has 2 aliphatic heterocycles. The fourth-order valence-corrected chi connectivity index (χ4v) is 2.81. The van der Waals surface area contributed by atoms with E-state index in [0.717, 1.165) is 36.0 Å². The molecule has 2 N–H and O–H groups in total. The van der Waals surface area contributed by atoms with Crippen LogP contribution in [0.2, 0.25) is 0 Å². The van der Waals surface area contributed by atoms with Crippen LogP contribution >= 0.6 is 0 Å². The first kappa shape index (κ1) is 12.3. The summed E-state index contributed by atoms with van der Waals surface area (Å²) in [4.78, 5) is 7.17. The molecule has 1 aromatic rings. The summed E-state index contributed by atoms with van der Waals surface area (Å²) in [6.07, 6.45) is 5.16. The van der Waals surface area contributed by atoms with Gasteiger partial charge in [-0.25, -0.2) is 4.99 Å². The Hall–Kier alpha value is -1.71. The summed E-state index contributed by atoms with van der Waals surface area (Å²) in [6, 6.07) is 5.65. The molecule has 2 aliphatic rings. The van der Waals surface area contributed by atoms with E-state index in [0.29, 0.717) is 0 Å². The van der Waals surface area contributed by atoms with Gasteiger partial charge in [0, 0.05) is 18.8 Å². The van der Waals surface area contributed by atoms with E-state index >= 15 is 0 Å². The van der Waals surface area contributed by atoms with Crippen LogP contribution in [0.15, 0.2) is 23.2 Å². The van der Waals surface area contributed by atoms with Crippen molar-refractivity contribution in [2.75, 3.05) is 18.8 Å². The van der Waals surface area contributed by atoms with Crippen LogP contribution in [0.3, 0.4) is 0 Å². The molecular formula is C15H21N3O. The maximum atomic E-state index is 5.97. The van der Waals surface area contributed by atoms with Crippen LogP contribution in [0, 0.1) is 0 Å². The number of nitrogens with two attached hydrogens (primary N) is 1. The maximum Gasteiger partial charge on any atom is 0.153 e. The predicted octanol–water partition coefficient (Wildman–Crippen LogP) is 2.96. The first-order chi connectivity index (χ1) is 9.24. The van der Waals surface area contributed by atoms with Gasteiger partial charge in [0.25, 0.3) is 0 Å². The number of rotatable bonds is 0. The zero-order valence-electron chi connectivity index (χ0n) is 11.4. The number of amidine groups is 1. The van der Waals surface area contributed by atoms with Gasteiger partial charge in [0.1, 0.15) is 17.3 Å². The molecule has 19 heavy (non-hydrogen) atoms. The van der Waals surface area contributed by atoms with E-state index in [1.165, 1.54) is 25.7 Å². The van der Waals surface area contributed by atoms with Crippen molar-refractivity contribution >= 4 is 17.2 Å². The van der Waals surface area contributed by atoms with Crippen molar-refractivity contribution < 1.29 is 4.74 Å². The van der Waals surface area contributed by atoms with Crippen LogP contribution < -0.4 is 10.5 Å². The van der Waals surface area contributed by atoms with Crippen LogP contribution in [0.1, 0.15) is 32.6 Å². The summed E-state index contributed by atoms with van der Waals surface area (Å²) in [7, 11) is 0. The van der Waals surface area contributed by atoms with Gasteiger partial charge in [-0.05, 0) is 38.0 Å². The molecule has 0 amide bonds. The molecule has 1 fully saturated rings. The van der Waals surface area contributed by atoms with Gasteiger partial charge < -0.3 is 15.4 Å². The summed E-state index contributed by atoms with van der Waals surface area (Å²) in [5, 5.41) is 0. The molecule has 2 heterocycles. The van der Waals surface area contributed by atoms with Crippen molar-refractivity contribution in [3.05, 3.63) is 18.2 Å². The highest BCUT2D eigenvalue weighted by Gasteiger charge is 2.25. The lowest BCUT2D eigenvalue weighted by molar-refractivity contribution is 0.254. The van der Waals surface area contributed by atoms with E-state index in [1.54, 1.807) is 0 Å². The molecule has 0 spiro atoms. The number of aliphatic imine (C=N–C) groups is 1. The topological polar surface area (TPSA) is 50.9 Å². The number of fused-ring (bicyclic) bond motifs is 1. The van der Waals surface area contributed by atoms with Crippen LogP contribution in [-0.2, 0) is 0 Å². The van der Waals surface area contributed by atoms with Gasteiger partial charge in [-0.1, -0.05) is 12.8 Å². The molecule has 3 rings (SSSR count). The highest BCUT2D eigenvalue weighted by atomic mass is 16.5. The fourth-order valence-electron chi connectivity index (χ4n) is 2.81. The third-order valence-electron chi connectivity index (χ3n) is 3.82. The van der Waals surface area contributed by atoms with Crippen molar-refractivity contribution in [1.82, 2.24) is 4.90 Å². The number of hydrogen-bond acceptors (Lipinski definition) is 4. The minimum absolute atomic E-state index is 0.0224. The van der Waals surface area contributed by atoms with Crippen molar-refractivity contribution in [3.8, 4) is 5.75 Å². The third-order valence-corrected chi connectivity index (χ3v) is 3.82. The molecular weight excluding hydrogens is 238 g/mol. The quantitative estimate of drug-likeness (QED) is 0.729. The van der Waals surface area contributed by atoms with Gasteiger partial charge in [-0.3, -0.25) is 0 Å². The minimum atomic E-state index is 0.0224. The summed E-state index contributed by atoms with van der Waals surface area (Å²) in [5.74, 6) is 1.89. The smallest absolute Gasteiger partial charge is 0.153 e. The minimum Gasteiger partial charge on any atom is -0.481 e. The monoisotopic (exact) mass is 259 g/mol. The van der Waals surface area contributed by atoms with E-state index in [-0.39, 0.29) is 6.10 Å². The Morgan fingerprint density at radius 2 is 1.95 bits per heavy atom. The normalized spacial score (nSPS) is 23.1. The second-order valence-electron chi connectivity index (χ2n) is 5.36. The Labute approximate surface area is 114 Å². The average Bonchev–Trinajstić information content (AvgIpc) is 2.67. The number of anilines is 1. The summed E-state index contributed by atoms with van der Waals surface area (Å²) >= 11 is 0. The first-order valence-electron chi connectivity index (χ1n) is 7.14. The molecule has 0 aliphatic carbocycles. The van der Waals surface area contributed by atoms with Crippen molar-refractivity contribution in [1.29, 1.82) is 0 Å². The molecule has 102 valence electrons. The molecule has 1 atom stereocenters. The Balaban J connectivity index is 1.91. The van der Waals surface area contributed by atoms with Gasteiger partial charge in [-0.2, -0.15) is 0 Å². The number of hydrogen-bond donors (Lipinski definition) is 1. The average molecular weight is 259 g/mol. The molecule has 0 radical (unpaired) electrons. The number of nitrogens with zero attached hydrogens (tertiary/aromatic N) is 2. The van der Waals surface area contributed by atoms with E-state index in [4.69, 9.17) is 15.5 Å². The maximum absolute atomic E-state index is 5.97. The standard InChI is InChI=1S/C15H21N3O/c1-11-15(18-8-4-2-3-5-9-18)17-13-10-12(16)6-7-14(13)19-11/h6-7,10-11H,2-5,8-9,16H2,1H3. The highest BCUT2D eigenvalue weighted by Crippen LogP contribution is 2.35. The molecule has 0 saturated carbocycles. The SMILES string of the molecule is CC1Oc2ccc(N)cc2N=C1N1CCCCCC1. The third kappa shape index (κ3) is 2.53. The number of nitrogen functional groups attached to an aromatic ring is 1. The van der Waals surface area contributed by atoms with Gasteiger partial charge in [0.05, 0.1) is 0 Å². The summed E-state index contributed by atoms with van der Waals surface area (Å²) in [5.41, 5.74) is 7.42. The molecule has 1 aromatic carbocycles. The van der Waals surface area contributed by atoms with Crippen LogP contribution in [0.5, 0.6) is 5.75 Å². The lowest BCUT2D eigenvalue weighted by Crippen LogP contribution is -2.42. The van der Waals surface area contributed by atoms with Gasteiger partial charge >= 0.3 is 0 Å². The Bertz CT molecular complexity index is 490. The second kappa shape index (κ2) is 5.11.